The van der Waals surface area contributed by atoms with Crippen LogP contribution in [0.15, 0.2) is 48.5 Å². The Morgan fingerprint density at radius 1 is 1.19 bits per heavy atom. The molecule has 0 spiro atoms. The number of carbonyl (C=O) groups is 1. The van der Waals surface area contributed by atoms with Gasteiger partial charge in [-0.05, 0) is 29.2 Å². The Hall–Kier alpha value is -1.68. The maximum atomic E-state index is 13.6. The van der Waals surface area contributed by atoms with Crippen LogP contribution in [-0.2, 0) is 17.6 Å². The van der Waals surface area contributed by atoms with Gasteiger partial charge in [0.15, 0.2) is 0 Å². The minimum Gasteiger partial charge on any atom is -0.348 e. The van der Waals surface area contributed by atoms with Crippen LogP contribution in [0.5, 0.6) is 0 Å². The molecule has 0 saturated heterocycles. The summed E-state index contributed by atoms with van der Waals surface area (Å²) in [6, 6.07) is 14.4. The number of fused-ring (bicyclic) bond motifs is 1. The predicted octanol–water partition coefficient (Wildman–Crippen LogP) is 3.55. The lowest BCUT2D eigenvalue weighted by Gasteiger charge is -2.18. The van der Waals surface area contributed by atoms with Gasteiger partial charge in [-0.2, -0.15) is 0 Å². The number of carbonyl (C=O) groups excluding carboxylic acids is 1. The lowest BCUT2D eigenvalue weighted by Crippen LogP contribution is -2.32. The van der Waals surface area contributed by atoms with E-state index in [9.17, 15) is 9.18 Å². The number of alkyl halides is 1. The highest BCUT2D eigenvalue weighted by molar-refractivity contribution is 9.09. The van der Waals surface area contributed by atoms with Gasteiger partial charge in [-0.3, -0.25) is 4.79 Å². The third-order valence-corrected chi connectivity index (χ3v) is 4.64. The lowest BCUT2D eigenvalue weighted by atomic mass is 10.1. The molecule has 0 saturated carbocycles. The molecule has 1 aliphatic rings. The minimum absolute atomic E-state index is 0.0551. The van der Waals surface area contributed by atoms with E-state index in [1.54, 1.807) is 18.2 Å². The number of amides is 1. The highest BCUT2D eigenvalue weighted by Crippen LogP contribution is 2.35. The number of halogens is 2. The highest BCUT2D eigenvalue weighted by Gasteiger charge is 2.31. The van der Waals surface area contributed by atoms with Crippen LogP contribution in [0.25, 0.3) is 0 Å². The molecule has 2 nitrogen and oxygen atoms in total. The average Bonchev–Trinajstić information content (AvgIpc) is 2.78. The van der Waals surface area contributed by atoms with E-state index in [1.807, 2.05) is 18.2 Å². The van der Waals surface area contributed by atoms with E-state index in [-0.39, 0.29) is 29.0 Å². The number of rotatable bonds is 3. The zero-order chi connectivity index (χ0) is 14.8. The molecule has 2 atom stereocenters. The highest BCUT2D eigenvalue weighted by atomic mass is 79.9. The molecule has 0 aliphatic heterocycles. The van der Waals surface area contributed by atoms with E-state index in [0.29, 0.717) is 5.56 Å². The Morgan fingerprint density at radius 2 is 1.90 bits per heavy atom. The molecule has 2 aromatic rings. The summed E-state index contributed by atoms with van der Waals surface area (Å²) in [5.41, 5.74) is 2.81. The molecule has 0 aromatic heterocycles. The quantitative estimate of drug-likeness (QED) is 0.845. The summed E-state index contributed by atoms with van der Waals surface area (Å²) in [5.74, 6) is -0.499. The Balaban J connectivity index is 1.72. The van der Waals surface area contributed by atoms with Crippen LogP contribution < -0.4 is 5.32 Å². The first-order chi connectivity index (χ1) is 10.1. The number of hydrogen-bond donors (Lipinski definition) is 1. The van der Waals surface area contributed by atoms with Crippen molar-refractivity contribution in [2.24, 2.45) is 0 Å². The topological polar surface area (TPSA) is 29.1 Å². The second-order valence-electron chi connectivity index (χ2n) is 5.23. The van der Waals surface area contributed by atoms with Crippen LogP contribution >= 0.6 is 15.9 Å². The fourth-order valence-electron chi connectivity index (χ4n) is 2.75. The standard InChI is InChI=1S/C17H15BrFNO/c18-14-9-11-5-1-3-7-13(11)17(14)20-16(21)10-12-6-2-4-8-15(12)19/h1-8,14,17H,9-10H2,(H,20,21). The molecule has 0 fully saturated rings. The van der Waals surface area contributed by atoms with Crippen LogP contribution in [-0.4, -0.2) is 10.7 Å². The second-order valence-corrected chi connectivity index (χ2v) is 6.41. The third kappa shape index (κ3) is 3.00. The first-order valence-corrected chi connectivity index (χ1v) is 7.81. The van der Waals surface area contributed by atoms with Crippen molar-refractivity contribution in [3.63, 3.8) is 0 Å². The van der Waals surface area contributed by atoms with Gasteiger partial charge in [0, 0.05) is 4.83 Å². The molecule has 2 aromatic carbocycles. The summed E-state index contributed by atoms with van der Waals surface area (Å²) >= 11 is 3.63. The summed E-state index contributed by atoms with van der Waals surface area (Å²) in [6.07, 6.45) is 0.950. The molecule has 1 N–H and O–H groups in total. The van der Waals surface area contributed by atoms with Gasteiger partial charge in [0.25, 0.3) is 0 Å². The molecule has 3 rings (SSSR count). The molecule has 1 aliphatic carbocycles. The van der Waals surface area contributed by atoms with Crippen molar-refractivity contribution in [2.45, 2.75) is 23.7 Å². The van der Waals surface area contributed by atoms with Crippen molar-refractivity contribution < 1.29 is 9.18 Å². The Labute approximate surface area is 131 Å². The first kappa shape index (κ1) is 14.3. The molecule has 0 heterocycles. The zero-order valence-electron chi connectivity index (χ0n) is 11.4. The fourth-order valence-corrected chi connectivity index (χ4v) is 3.52. The average molecular weight is 348 g/mol. The van der Waals surface area contributed by atoms with E-state index >= 15 is 0 Å². The van der Waals surface area contributed by atoms with E-state index in [1.165, 1.54) is 11.6 Å². The van der Waals surface area contributed by atoms with Crippen molar-refractivity contribution in [2.75, 3.05) is 0 Å². The predicted molar refractivity (Wildman–Crippen MR) is 83.8 cm³/mol. The van der Waals surface area contributed by atoms with Gasteiger partial charge in [-0.15, -0.1) is 0 Å². The van der Waals surface area contributed by atoms with Gasteiger partial charge in [0.05, 0.1) is 12.5 Å². The van der Waals surface area contributed by atoms with Crippen molar-refractivity contribution >= 4 is 21.8 Å². The summed E-state index contributed by atoms with van der Waals surface area (Å²) < 4.78 is 13.6. The fraction of sp³-hybridized carbons (Fsp3) is 0.235. The summed E-state index contributed by atoms with van der Waals surface area (Å²) in [5, 5.41) is 3.01. The molecular weight excluding hydrogens is 333 g/mol. The van der Waals surface area contributed by atoms with E-state index in [2.05, 4.69) is 27.3 Å². The zero-order valence-corrected chi connectivity index (χ0v) is 12.9. The van der Waals surface area contributed by atoms with E-state index in [4.69, 9.17) is 0 Å². The van der Waals surface area contributed by atoms with E-state index in [0.717, 1.165) is 12.0 Å². The Bertz CT molecular complexity index is 673. The second kappa shape index (κ2) is 5.98. The molecule has 0 bridgehead atoms. The molecular formula is C17H15BrFNO. The monoisotopic (exact) mass is 347 g/mol. The van der Waals surface area contributed by atoms with Crippen LogP contribution in [0.1, 0.15) is 22.7 Å². The largest absolute Gasteiger partial charge is 0.348 e. The molecule has 4 heteroatoms. The third-order valence-electron chi connectivity index (χ3n) is 3.79. The normalized spacial score (nSPS) is 20.1. The summed E-state index contributed by atoms with van der Waals surface area (Å²) in [4.78, 5) is 12.4. The summed E-state index contributed by atoms with van der Waals surface area (Å²) in [6.45, 7) is 0. The van der Waals surface area contributed by atoms with Crippen molar-refractivity contribution in [3.05, 3.63) is 71.0 Å². The van der Waals surface area contributed by atoms with E-state index < -0.39 is 0 Å². The van der Waals surface area contributed by atoms with Gasteiger partial charge in [0.1, 0.15) is 5.82 Å². The molecule has 2 unspecified atom stereocenters. The summed E-state index contributed by atoms with van der Waals surface area (Å²) in [7, 11) is 0. The number of nitrogens with one attached hydrogen (secondary N) is 1. The minimum atomic E-state index is -0.338. The Morgan fingerprint density at radius 3 is 2.71 bits per heavy atom. The van der Waals surface area contributed by atoms with Crippen LogP contribution in [0.3, 0.4) is 0 Å². The van der Waals surface area contributed by atoms with Gasteiger partial charge in [0.2, 0.25) is 5.91 Å². The molecule has 21 heavy (non-hydrogen) atoms. The van der Waals surface area contributed by atoms with Gasteiger partial charge in [-0.25, -0.2) is 4.39 Å². The van der Waals surface area contributed by atoms with Crippen LogP contribution in [0, 0.1) is 5.82 Å². The molecule has 108 valence electrons. The van der Waals surface area contributed by atoms with Crippen molar-refractivity contribution in [1.29, 1.82) is 0 Å². The maximum Gasteiger partial charge on any atom is 0.225 e. The molecule has 1 amide bonds. The van der Waals surface area contributed by atoms with Gasteiger partial charge in [-0.1, -0.05) is 58.4 Å². The molecule has 0 radical (unpaired) electrons. The van der Waals surface area contributed by atoms with Gasteiger partial charge >= 0.3 is 0 Å². The SMILES string of the molecule is O=C(Cc1ccccc1F)NC1c2ccccc2CC1Br. The van der Waals surface area contributed by atoms with Gasteiger partial charge < -0.3 is 5.32 Å². The van der Waals surface area contributed by atoms with Crippen LogP contribution in [0.4, 0.5) is 4.39 Å². The first-order valence-electron chi connectivity index (χ1n) is 6.90. The lowest BCUT2D eigenvalue weighted by molar-refractivity contribution is -0.121. The van der Waals surface area contributed by atoms with Crippen LogP contribution in [0.2, 0.25) is 0 Å². The van der Waals surface area contributed by atoms with Crippen molar-refractivity contribution in [1.82, 2.24) is 5.32 Å². The van der Waals surface area contributed by atoms with Crippen molar-refractivity contribution in [3.8, 4) is 0 Å². The maximum absolute atomic E-state index is 13.6. The number of benzene rings is 2. The Kier molecular flexibility index (Phi) is 4.06. The number of hydrogen-bond acceptors (Lipinski definition) is 1. The smallest absolute Gasteiger partial charge is 0.225 e.